The van der Waals surface area contributed by atoms with Crippen molar-refractivity contribution in [3.63, 3.8) is 0 Å². The highest BCUT2D eigenvalue weighted by molar-refractivity contribution is 6.30. The van der Waals surface area contributed by atoms with Gasteiger partial charge in [0, 0.05) is 17.6 Å². The van der Waals surface area contributed by atoms with Crippen molar-refractivity contribution in [1.29, 1.82) is 0 Å². The summed E-state index contributed by atoms with van der Waals surface area (Å²) in [6.45, 7) is 6.93. The van der Waals surface area contributed by atoms with Crippen LogP contribution in [-0.4, -0.2) is 31.1 Å². The summed E-state index contributed by atoms with van der Waals surface area (Å²) < 4.78 is 5.02. The molecule has 0 heterocycles. The second-order valence-electron chi connectivity index (χ2n) is 4.82. The number of rotatable bonds is 6. The van der Waals surface area contributed by atoms with E-state index >= 15 is 0 Å². The summed E-state index contributed by atoms with van der Waals surface area (Å²) in [6, 6.07) is 8.03. The lowest BCUT2D eigenvalue weighted by molar-refractivity contribution is -0.148. The minimum atomic E-state index is -0.141. The average Bonchev–Trinajstić information content (AvgIpc) is 2.38. The van der Waals surface area contributed by atoms with Crippen molar-refractivity contribution in [3.05, 3.63) is 34.9 Å². The van der Waals surface area contributed by atoms with E-state index < -0.39 is 0 Å². The predicted molar refractivity (Wildman–Crippen MR) is 78.3 cm³/mol. The molecule has 0 saturated carbocycles. The van der Waals surface area contributed by atoms with Crippen LogP contribution in [0.2, 0.25) is 5.02 Å². The summed E-state index contributed by atoms with van der Waals surface area (Å²) in [5, 5.41) is 0.735. The second kappa shape index (κ2) is 7.51. The molecule has 2 unspecified atom stereocenters. The van der Waals surface area contributed by atoms with Crippen molar-refractivity contribution < 1.29 is 9.53 Å². The van der Waals surface area contributed by atoms with Gasteiger partial charge in [-0.15, -0.1) is 0 Å². The lowest BCUT2D eigenvalue weighted by atomic mass is 10.1. The van der Waals surface area contributed by atoms with Crippen molar-refractivity contribution in [1.82, 2.24) is 4.90 Å². The number of hydrogen-bond donors (Lipinski definition) is 0. The minimum Gasteiger partial charge on any atom is -0.466 e. The van der Waals surface area contributed by atoms with Crippen molar-refractivity contribution in [2.24, 2.45) is 5.92 Å². The lowest BCUT2D eigenvalue weighted by Gasteiger charge is -2.27. The van der Waals surface area contributed by atoms with Crippen LogP contribution >= 0.6 is 11.6 Å². The zero-order valence-corrected chi connectivity index (χ0v) is 12.8. The first-order chi connectivity index (χ1) is 8.95. The molecule has 2 atom stereocenters. The Morgan fingerprint density at radius 2 is 1.89 bits per heavy atom. The normalized spacial score (nSPS) is 14.2. The Bertz CT molecular complexity index is 405. The van der Waals surface area contributed by atoms with E-state index in [1.165, 1.54) is 5.56 Å². The van der Waals surface area contributed by atoms with Crippen molar-refractivity contribution in [2.45, 2.75) is 26.8 Å². The molecule has 19 heavy (non-hydrogen) atoms. The fourth-order valence-corrected chi connectivity index (χ4v) is 2.07. The lowest BCUT2D eigenvalue weighted by Crippen LogP contribution is -2.31. The highest BCUT2D eigenvalue weighted by Gasteiger charge is 2.19. The maximum absolute atomic E-state index is 11.6. The molecule has 106 valence electrons. The van der Waals surface area contributed by atoms with Crippen LogP contribution in [0.4, 0.5) is 0 Å². The highest BCUT2D eigenvalue weighted by Crippen LogP contribution is 2.21. The van der Waals surface area contributed by atoms with Gasteiger partial charge >= 0.3 is 5.97 Å². The van der Waals surface area contributed by atoms with E-state index in [-0.39, 0.29) is 17.9 Å². The summed E-state index contributed by atoms with van der Waals surface area (Å²) in [5.41, 5.74) is 1.18. The predicted octanol–water partition coefficient (Wildman–Crippen LogP) is 3.53. The van der Waals surface area contributed by atoms with Gasteiger partial charge in [-0.25, -0.2) is 0 Å². The molecule has 0 aliphatic heterocycles. The fourth-order valence-electron chi connectivity index (χ4n) is 1.94. The van der Waals surface area contributed by atoms with E-state index in [4.69, 9.17) is 16.3 Å². The number of carbonyl (C=O) groups excluding carboxylic acids is 1. The SMILES string of the molecule is CCOC(=O)C(C)CN(C)C(C)c1ccc(Cl)cc1. The molecule has 0 aliphatic rings. The third-order valence-electron chi connectivity index (χ3n) is 3.26. The topological polar surface area (TPSA) is 29.5 Å². The molecule has 0 spiro atoms. The van der Waals surface area contributed by atoms with Gasteiger partial charge in [0.25, 0.3) is 0 Å². The minimum absolute atomic E-state index is 0.125. The summed E-state index contributed by atoms with van der Waals surface area (Å²) in [7, 11) is 2.01. The molecule has 0 amide bonds. The first kappa shape index (κ1) is 16.0. The molecular weight excluding hydrogens is 262 g/mol. The number of benzene rings is 1. The first-order valence-corrected chi connectivity index (χ1v) is 6.95. The molecule has 0 N–H and O–H groups in total. The van der Waals surface area contributed by atoms with Gasteiger partial charge in [0.2, 0.25) is 0 Å². The van der Waals surface area contributed by atoms with Crippen LogP contribution in [0, 0.1) is 5.92 Å². The third kappa shape index (κ3) is 4.84. The van der Waals surface area contributed by atoms with Crippen LogP contribution < -0.4 is 0 Å². The Morgan fingerprint density at radius 1 is 1.32 bits per heavy atom. The molecule has 0 bridgehead atoms. The van der Waals surface area contributed by atoms with Crippen LogP contribution in [0.25, 0.3) is 0 Å². The van der Waals surface area contributed by atoms with Crippen LogP contribution in [0.3, 0.4) is 0 Å². The number of halogens is 1. The number of carbonyl (C=O) groups is 1. The maximum atomic E-state index is 11.6. The first-order valence-electron chi connectivity index (χ1n) is 6.58. The maximum Gasteiger partial charge on any atom is 0.309 e. The van der Waals surface area contributed by atoms with Gasteiger partial charge in [-0.05, 0) is 38.6 Å². The molecule has 1 rings (SSSR count). The van der Waals surface area contributed by atoms with Crippen molar-refractivity contribution >= 4 is 17.6 Å². The van der Waals surface area contributed by atoms with Crippen molar-refractivity contribution in [3.8, 4) is 0 Å². The zero-order valence-electron chi connectivity index (χ0n) is 12.0. The Hall–Kier alpha value is -1.06. The summed E-state index contributed by atoms with van der Waals surface area (Å²) in [4.78, 5) is 13.8. The van der Waals surface area contributed by atoms with Gasteiger partial charge in [0.1, 0.15) is 0 Å². The Balaban J connectivity index is 2.59. The molecule has 0 radical (unpaired) electrons. The Morgan fingerprint density at radius 3 is 2.42 bits per heavy atom. The van der Waals surface area contributed by atoms with Gasteiger partial charge in [-0.1, -0.05) is 30.7 Å². The van der Waals surface area contributed by atoms with Crippen LogP contribution in [-0.2, 0) is 9.53 Å². The van der Waals surface area contributed by atoms with Gasteiger partial charge in [0.05, 0.1) is 12.5 Å². The average molecular weight is 284 g/mol. The molecule has 0 fully saturated rings. The standard InChI is InChI=1S/C15H22ClNO2/c1-5-19-15(18)11(2)10-17(4)12(3)13-6-8-14(16)9-7-13/h6-9,11-12H,5,10H2,1-4H3. The summed E-state index contributed by atoms with van der Waals surface area (Å²) in [5.74, 6) is -0.266. The van der Waals surface area contributed by atoms with Crippen molar-refractivity contribution in [2.75, 3.05) is 20.2 Å². The summed E-state index contributed by atoms with van der Waals surface area (Å²) in [6.07, 6.45) is 0. The highest BCUT2D eigenvalue weighted by atomic mass is 35.5. The molecule has 0 aliphatic carbocycles. The number of hydrogen-bond acceptors (Lipinski definition) is 3. The largest absolute Gasteiger partial charge is 0.466 e. The van der Waals surface area contributed by atoms with E-state index in [1.807, 2.05) is 45.2 Å². The molecule has 1 aromatic rings. The Kier molecular flexibility index (Phi) is 6.32. The molecule has 3 nitrogen and oxygen atoms in total. The van der Waals surface area contributed by atoms with E-state index in [1.54, 1.807) is 0 Å². The van der Waals surface area contributed by atoms with Gasteiger partial charge in [-0.2, -0.15) is 0 Å². The van der Waals surface area contributed by atoms with Crippen LogP contribution in [0.15, 0.2) is 24.3 Å². The van der Waals surface area contributed by atoms with E-state index in [0.717, 1.165) is 5.02 Å². The van der Waals surface area contributed by atoms with E-state index in [2.05, 4.69) is 11.8 Å². The quantitative estimate of drug-likeness (QED) is 0.748. The zero-order chi connectivity index (χ0) is 14.4. The Labute approximate surface area is 120 Å². The number of esters is 1. The third-order valence-corrected chi connectivity index (χ3v) is 3.52. The molecule has 0 aromatic heterocycles. The van der Waals surface area contributed by atoms with E-state index in [0.29, 0.717) is 13.2 Å². The summed E-state index contributed by atoms with van der Waals surface area (Å²) >= 11 is 5.88. The molecule has 1 aromatic carbocycles. The fraction of sp³-hybridized carbons (Fsp3) is 0.533. The number of ether oxygens (including phenoxy) is 1. The molecule has 4 heteroatoms. The van der Waals surface area contributed by atoms with Crippen LogP contribution in [0.1, 0.15) is 32.4 Å². The molecular formula is C15H22ClNO2. The van der Waals surface area contributed by atoms with Crippen LogP contribution in [0.5, 0.6) is 0 Å². The van der Waals surface area contributed by atoms with Gasteiger partial charge in [0.15, 0.2) is 0 Å². The van der Waals surface area contributed by atoms with Gasteiger partial charge in [-0.3, -0.25) is 9.69 Å². The monoisotopic (exact) mass is 283 g/mol. The second-order valence-corrected chi connectivity index (χ2v) is 5.26. The smallest absolute Gasteiger partial charge is 0.309 e. The number of nitrogens with zero attached hydrogens (tertiary/aromatic N) is 1. The van der Waals surface area contributed by atoms with Gasteiger partial charge < -0.3 is 4.74 Å². The molecule has 0 saturated heterocycles. The van der Waals surface area contributed by atoms with E-state index in [9.17, 15) is 4.79 Å².